The lowest BCUT2D eigenvalue weighted by Gasteiger charge is -2.08. The van der Waals surface area contributed by atoms with Gasteiger partial charge in [0.15, 0.2) is 5.82 Å². The average molecular weight is 348 g/mol. The molecule has 1 aromatic heterocycles. The average Bonchev–Trinajstić information content (AvgIpc) is 2.89. The molecule has 3 aromatic rings. The Morgan fingerprint density at radius 2 is 2.00 bits per heavy atom. The monoisotopic (exact) mass is 347 g/mol. The van der Waals surface area contributed by atoms with Crippen molar-refractivity contribution in [3.8, 4) is 17.1 Å². The Kier molecular flexibility index (Phi) is 3.42. The summed E-state index contributed by atoms with van der Waals surface area (Å²) in [7, 11) is 0. The van der Waals surface area contributed by atoms with Crippen LogP contribution in [0.15, 0.2) is 40.9 Å². The number of hydrogen-bond donors (Lipinski definition) is 1. The third kappa shape index (κ3) is 2.64. The lowest BCUT2D eigenvalue weighted by molar-refractivity contribution is 0.629. The van der Waals surface area contributed by atoms with Gasteiger partial charge >= 0.3 is 0 Å². The lowest BCUT2D eigenvalue weighted by atomic mass is 10.1. The molecular weight excluding hydrogens is 337 g/mol. The van der Waals surface area contributed by atoms with E-state index in [1.807, 2.05) is 25.1 Å². The van der Waals surface area contributed by atoms with Crippen molar-refractivity contribution in [3.05, 3.63) is 52.3 Å². The summed E-state index contributed by atoms with van der Waals surface area (Å²) < 4.78 is 16.4. The molecular formula is C14H11BrFN5. The SMILES string of the molecule is Cc1cc(Br)cc(-n2nnnc2-c2cc(N)ccc2F)c1. The number of halogens is 2. The summed E-state index contributed by atoms with van der Waals surface area (Å²) in [5, 5.41) is 11.5. The van der Waals surface area contributed by atoms with Gasteiger partial charge in [-0.05, 0) is 59.3 Å². The molecule has 0 amide bonds. The number of aryl methyl sites for hydroxylation is 1. The van der Waals surface area contributed by atoms with Crippen LogP contribution in [0.1, 0.15) is 5.56 Å². The van der Waals surface area contributed by atoms with E-state index in [0.29, 0.717) is 11.5 Å². The van der Waals surface area contributed by atoms with Crippen molar-refractivity contribution in [2.45, 2.75) is 6.92 Å². The quantitative estimate of drug-likeness (QED) is 0.723. The molecule has 3 rings (SSSR count). The van der Waals surface area contributed by atoms with Gasteiger partial charge in [-0.25, -0.2) is 4.39 Å². The highest BCUT2D eigenvalue weighted by Crippen LogP contribution is 2.26. The van der Waals surface area contributed by atoms with Crippen molar-refractivity contribution < 1.29 is 4.39 Å². The third-order valence-electron chi connectivity index (χ3n) is 2.97. The lowest BCUT2D eigenvalue weighted by Crippen LogP contribution is -2.02. The van der Waals surface area contributed by atoms with E-state index < -0.39 is 5.82 Å². The van der Waals surface area contributed by atoms with E-state index in [0.717, 1.165) is 15.7 Å². The Balaban J connectivity index is 2.19. The van der Waals surface area contributed by atoms with Crippen molar-refractivity contribution >= 4 is 21.6 Å². The Morgan fingerprint density at radius 1 is 1.19 bits per heavy atom. The van der Waals surface area contributed by atoms with Crippen LogP contribution in [0.4, 0.5) is 10.1 Å². The van der Waals surface area contributed by atoms with Gasteiger partial charge in [0.1, 0.15) is 5.82 Å². The van der Waals surface area contributed by atoms with Crippen LogP contribution in [-0.4, -0.2) is 20.2 Å². The second kappa shape index (κ2) is 5.25. The minimum absolute atomic E-state index is 0.262. The first kappa shape index (κ1) is 13.7. The zero-order valence-electron chi connectivity index (χ0n) is 11.1. The van der Waals surface area contributed by atoms with Crippen LogP contribution in [0.3, 0.4) is 0 Å². The largest absolute Gasteiger partial charge is 0.399 e. The number of aromatic nitrogens is 4. The summed E-state index contributed by atoms with van der Waals surface area (Å²) in [4.78, 5) is 0. The van der Waals surface area contributed by atoms with E-state index in [1.165, 1.54) is 22.9 Å². The van der Waals surface area contributed by atoms with Crippen LogP contribution in [0.25, 0.3) is 17.1 Å². The van der Waals surface area contributed by atoms with E-state index in [4.69, 9.17) is 5.73 Å². The number of nitrogens with zero attached hydrogens (tertiary/aromatic N) is 4. The molecule has 0 bridgehead atoms. The summed E-state index contributed by atoms with van der Waals surface area (Å²) in [5.74, 6) is -0.121. The van der Waals surface area contributed by atoms with Crippen LogP contribution >= 0.6 is 15.9 Å². The molecule has 0 fully saturated rings. The van der Waals surface area contributed by atoms with Gasteiger partial charge in [0, 0.05) is 10.2 Å². The molecule has 0 aliphatic rings. The van der Waals surface area contributed by atoms with Crippen LogP contribution in [0.2, 0.25) is 0 Å². The van der Waals surface area contributed by atoms with E-state index in [1.54, 1.807) is 0 Å². The van der Waals surface area contributed by atoms with E-state index in [9.17, 15) is 4.39 Å². The van der Waals surface area contributed by atoms with Gasteiger partial charge < -0.3 is 5.73 Å². The number of hydrogen-bond acceptors (Lipinski definition) is 4. The molecule has 106 valence electrons. The van der Waals surface area contributed by atoms with Crippen LogP contribution in [0, 0.1) is 12.7 Å². The Hall–Kier alpha value is -2.28. The first-order valence-electron chi connectivity index (χ1n) is 6.16. The van der Waals surface area contributed by atoms with Gasteiger partial charge in [-0.1, -0.05) is 15.9 Å². The Bertz CT molecular complexity index is 795. The summed E-state index contributed by atoms with van der Waals surface area (Å²) in [6.07, 6.45) is 0. The molecule has 0 aliphatic heterocycles. The highest BCUT2D eigenvalue weighted by atomic mass is 79.9. The first-order chi connectivity index (χ1) is 10.0. The van der Waals surface area contributed by atoms with Crippen LogP contribution in [-0.2, 0) is 0 Å². The van der Waals surface area contributed by atoms with Gasteiger partial charge in [0.2, 0.25) is 0 Å². The molecule has 2 N–H and O–H groups in total. The Morgan fingerprint density at radius 3 is 2.76 bits per heavy atom. The molecule has 0 unspecified atom stereocenters. The zero-order valence-corrected chi connectivity index (χ0v) is 12.7. The molecule has 0 atom stereocenters. The molecule has 21 heavy (non-hydrogen) atoms. The molecule has 7 heteroatoms. The molecule has 5 nitrogen and oxygen atoms in total. The highest BCUT2D eigenvalue weighted by molar-refractivity contribution is 9.10. The summed E-state index contributed by atoms with van der Waals surface area (Å²) in [6, 6.07) is 10.1. The fourth-order valence-electron chi connectivity index (χ4n) is 2.08. The first-order valence-corrected chi connectivity index (χ1v) is 6.95. The molecule has 2 aromatic carbocycles. The van der Waals surface area contributed by atoms with Gasteiger partial charge in [-0.15, -0.1) is 5.10 Å². The number of nitrogen functional groups attached to an aromatic ring is 1. The minimum atomic E-state index is -0.424. The van der Waals surface area contributed by atoms with Crippen molar-refractivity contribution in [3.63, 3.8) is 0 Å². The normalized spacial score (nSPS) is 10.8. The van der Waals surface area contributed by atoms with E-state index >= 15 is 0 Å². The standard InChI is InChI=1S/C14H11BrFN5/c1-8-4-9(15)6-11(5-8)21-14(18-19-20-21)12-7-10(17)2-3-13(12)16/h2-7H,17H2,1H3. The minimum Gasteiger partial charge on any atom is -0.399 e. The van der Waals surface area contributed by atoms with Gasteiger partial charge in [-0.2, -0.15) is 4.68 Å². The Labute approximate surface area is 128 Å². The van der Waals surface area contributed by atoms with Gasteiger partial charge in [-0.3, -0.25) is 0 Å². The van der Waals surface area contributed by atoms with Gasteiger partial charge in [0.05, 0.1) is 11.3 Å². The smallest absolute Gasteiger partial charge is 0.190 e. The second-order valence-corrected chi connectivity index (χ2v) is 5.56. The second-order valence-electron chi connectivity index (χ2n) is 4.64. The van der Waals surface area contributed by atoms with Crippen molar-refractivity contribution in [1.29, 1.82) is 0 Å². The fourth-order valence-corrected chi connectivity index (χ4v) is 2.68. The summed E-state index contributed by atoms with van der Waals surface area (Å²) >= 11 is 3.43. The molecule has 0 aliphatic carbocycles. The predicted molar refractivity (Wildman–Crippen MR) is 81.4 cm³/mol. The zero-order chi connectivity index (χ0) is 15.0. The number of nitrogens with two attached hydrogens (primary N) is 1. The maximum Gasteiger partial charge on any atom is 0.190 e. The molecule has 0 spiro atoms. The topological polar surface area (TPSA) is 69.6 Å². The molecule has 1 heterocycles. The molecule has 0 radical (unpaired) electrons. The predicted octanol–water partition coefficient (Wildman–Crippen LogP) is 3.12. The summed E-state index contributed by atoms with van der Waals surface area (Å²) in [6.45, 7) is 1.96. The van der Waals surface area contributed by atoms with Crippen LogP contribution < -0.4 is 5.73 Å². The number of anilines is 1. The third-order valence-corrected chi connectivity index (χ3v) is 3.43. The highest BCUT2D eigenvalue weighted by Gasteiger charge is 2.15. The fraction of sp³-hybridized carbons (Fsp3) is 0.0714. The van der Waals surface area contributed by atoms with E-state index in [2.05, 4.69) is 31.5 Å². The number of rotatable bonds is 2. The molecule has 0 saturated heterocycles. The molecule has 0 saturated carbocycles. The van der Waals surface area contributed by atoms with Crippen LogP contribution in [0.5, 0.6) is 0 Å². The van der Waals surface area contributed by atoms with E-state index in [-0.39, 0.29) is 5.56 Å². The van der Waals surface area contributed by atoms with Crippen molar-refractivity contribution in [2.75, 3.05) is 5.73 Å². The maximum atomic E-state index is 14.0. The van der Waals surface area contributed by atoms with Crippen molar-refractivity contribution in [1.82, 2.24) is 20.2 Å². The summed E-state index contributed by atoms with van der Waals surface area (Å²) in [5.41, 5.74) is 8.21. The maximum absolute atomic E-state index is 14.0. The number of tetrazole rings is 1. The van der Waals surface area contributed by atoms with Gasteiger partial charge in [0.25, 0.3) is 0 Å². The number of benzene rings is 2. The van der Waals surface area contributed by atoms with Crippen molar-refractivity contribution in [2.24, 2.45) is 0 Å².